The predicted molar refractivity (Wildman–Crippen MR) is 59.5 cm³/mol. The van der Waals surface area contributed by atoms with Crippen LogP contribution >= 0.6 is 0 Å². The number of β-amino-alcohol motifs (C(OH)–C–C–N with tert-alkyl or cyclic N) is 1. The summed E-state index contributed by atoms with van der Waals surface area (Å²) in [5, 5.41) is 18.4. The van der Waals surface area contributed by atoms with Crippen molar-refractivity contribution in [3.05, 3.63) is 35.6 Å². The van der Waals surface area contributed by atoms with Gasteiger partial charge >= 0.3 is 5.97 Å². The molecule has 0 aromatic heterocycles. The Morgan fingerprint density at radius 3 is 2.44 bits per heavy atom. The van der Waals surface area contributed by atoms with Crippen LogP contribution in [0.1, 0.15) is 16.8 Å². The lowest BCUT2D eigenvalue weighted by Gasteiger charge is -2.21. The molecule has 0 saturated carbocycles. The zero-order chi connectivity index (χ0) is 13.3. The Labute approximate surface area is 102 Å². The summed E-state index contributed by atoms with van der Waals surface area (Å²) in [7, 11) is 0. The summed E-state index contributed by atoms with van der Waals surface area (Å²) < 4.78 is 12.7. The number of aliphatic hydroxyl groups is 1. The van der Waals surface area contributed by atoms with Crippen LogP contribution in [-0.2, 0) is 4.79 Å². The summed E-state index contributed by atoms with van der Waals surface area (Å²) in [5.74, 6) is -2.14. The van der Waals surface area contributed by atoms with Crippen LogP contribution in [0.15, 0.2) is 24.3 Å². The summed E-state index contributed by atoms with van der Waals surface area (Å²) >= 11 is 0. The number of nitrogens with zero attached hydrogens (tertiary/aromatic N) is 1. The van der Waals surface area contributed by atoms with Gasteiger partial charge in [0.15, 0.2) is 0 Å². The van der Waals surface area contributed by atoms with Crippen LogP contribution in [-0.4, -0.2) is 45.7 Å². The number of likely N-dealkylation sites (tertiary alicyclic amines) is 1. The molecule has 0 radical (unpaired) electrons. The Morgan fingerprint density at radius 1 is 1.28 bits per heavy atom. The third-order valence-corrected chi connectivity index (χ3v) is 2.92. The molecule has 1 aliphatic rings. The van der Waals surface area contributed by atoms with Gasteiger partial charge < -0.3 is 15.1 Å². The molecule has 1 amide bonds. The number of benzene rings is 1. The van der Waals surface area contributed by atoms with Crippen molar-refractivity contribution in [2.45, 2.75) is 18.6 Å². The average Bonchev–Trinajstić information content (AvgIpc) is 2.71. The van der Waals surface area contributed by atoms with Gasteiger partial charge in [0.2, 0.25) is 0 Å². The molecule has 0 bridgehead atoms. The van der Waals surface area contributed by atoms with Crippen molar-refractivity contribution in [3.63, 3.8) is 0 Å². The van der Waals surface area contributed by atoms with Crippen LogP contribution in [0.25, 0.3) is 0 Å². The number of halogens is 1. The van der Waals surface area contributed by atoms with Gasteiger partial charge in [-0.05, 0) is 24.3 Å². The number of aliphatic hydroxyl groups excluding tert-OH is 1. The van der Waals surface area contributed by atoms with Crippen molar-refractivity contribution in [1.29, 1.82) is 0 Å². The number of carboxylic acids is 1. The molecular formula is C12H12FNO4. The molecule has 0 unspecified atom stereocenters. The van der Waals surface area contributed by atoms with E-state index in [9.17, 15) is 19.1 Å². The van der Waals surface area contributed by atoms with Crippen molar-refractivity contribution >= 4 is 11.9 Å². The molecule has 18 heavy (non-hydrogen) atoms. The summed E-state index contributed by atoms with van der Waals surface area (Å²) in [4.78, 5) is 24.1. The van der Waals surface area contributed by atoms with E-state index in [0.29, 0.717) is 0 Å². The lowest BCUT2D eigenvalue weighted by Crippen LogP contribution is -2.40. The van der Waals surface area contributed by atoms with Crippen LogP contribution in [0.2, 0.25) is 0 Å². The third-order valence-electron chi connectivity index (χ3n) is 2.92. The second-order valence-corrected chi connectivity index (χ2v) is 4.21. The van der Waals surface area contributed by atoms with Crippen LogP contribution in [0.3, 0.4) is 0 Å². The van der Waals surface area contributed by atoms with Crippen molar-refractivity contribution in [1.82, 2.24) is 4.90 Å². The monoisotopic (exact) mass is 253 g/mol. The zero-order valence-corrected chi connectivity index (χ0v) is 9.41. The average molecular weight is 253 g/mol. The largest absolute Gasteiger partial charge is 0.480 e. The predicted octanol–water partition coefficient (Wildman–Crippen LogP) is 0.486. The Kier molecular flexibility index (Phi) is 3.29. The lowest BCUT2D eigenvalue weighted by atomic mass is 10.1. The van der Waals surface area contributed by atoms with Gasteiger partial charge in [-0.1, -0.05) is 0 Å². The topological polar surface area (TPSA) is 77.8 Å². The summed E-state index contributed by atoms with van der Waals surface area (Å²) in [6.45, 7) is -0.0207. The normalized spacial score (nSPS) is 23.1. The highest BCUT2D eigenvalue weighted by molar-refractivity contribution is 5.97. The highest BCUT2D eigenvalue weighted by Crippen LogP contribution is 2.21. The number of carbonyl (C=O) groups is 2. The van der Waals surface area contributed by atoms with E-state index in [2.05, 4.69) is 0 Å². The first kappa shape index (κ1) is 12.5. The number of rotatable bonds is 2. The maximum Gasteiger partial charge on any atom is 0.326 e. The number of amides is 1. The first-order chi connectivity index (χ1) is 8.49. The standard InChI is InChI=1S/C12H12FNO4/c13-8-3-1-7(2-4-8)11(16)14-6-9(15)5-10(14)12(17)18/h1-4,9-10,15H,5-6H2,(H,17,18)/t9-,10-/m0/s1. The number of hydrogen-bond acceptors (Lipinski definition) is 3. The van der Waals surface area contributed by atoms with E-state index >= 15 is 0 Å². The smallest absolute Gasteiger partial charge is 0.326 e. The molecule has 0 spiro atoms. The first-order valence-corrected chi connectivity index (χ1v) is 5.46. The molecule has 0 aliphatic carbocycles. The maximum atomic E-state index is 12.7. The quantitative estimate of drug-likeness (QED) is 0.804. The first-order valence-electron chi connectivity index (χ1n) is 5.46. The summed E-state index contributed by atoms with van der Waals surface area (Å²) in [5.41, 5.74) is 0.205. The number of hydrogen-bond donors (Lipinski definition) is 2. The van der Waals surface area contributed by atoms with Gasteiger partial charge in [0.25, 0.3) is 5.91 Å². The fraction of sp³-hybridized carbons (Fsp3) is 0.333. The maximum absolute atomic E-state index is 12.7. The molecule has 1 aliphatic heterocycles. The minimum Gasteiger partial charge on any atom is -0.480 e. The molecule has 1 heterocycles. The van der Waals surface area contributed by atoms with Gasteiger partial charge in [0.05, 0.1) is 6.10 Å². The van der Waals surface area contributed by atoms with Crippen molar-refractivity contribution in [3.8, 4) is 0 Å². The van der Waals surface area contributed by atoms with E-state index in [1.165, 1.54) is 12.1 Å². The molecule has 6 heteroatoms. The molecule has 96 valence electrons. The number of carboxylic acid groups (broad SMARTS) is 1. The SMILES string of the molecule is O=C(O)[C@@H]1C[C@H](O)CN1C(=O)c1ccc(F)cc1. The number of aliphatic carboxylic acids is 1. The minimum absolute atomic E-state index is 0.0161. The van der Waals surface area contributed by atoms with Crippen LogP contribution in [0, 0.1) is 5.82 Å². The number of carbonyl (C=O) groups excluding carboxylic acids is 1. The van der Waals surface area contributed by atoms with Crippen molar-refractivity contribution in [2.24, 2.45) is 0 Å². The van der Waals surface area contributed by atoms with E-state index < -0.39 is 29.8 Å². The van der Waals surface area contributed by atoms with Crippen LogP contribution in [0.5, 0.6) is 0 Å². The van der Waals surface area contributed by atoms with Crippen LogP contribution in [0.4, 0.5) is 4.39 Å². The molecule has 2 atom stereocenters. The summed E-state index contributed by atoms with van der Waals surface area (Å²) in [6.07, 6.45) is -0.821. The summed E-state index contributed by atoms with van der Waals surface area (Å²) in [6, 6.07) is 3.82. The molecular weight excluding hydrogens is 241 g/mol. The van der Waals surface area contributed by atoms with Gasteiger partial charge in [-0.2, -0.15) is 0 Å². The van der Waals surface area contributed by atoms with Gasteiger partial charge in [0.1, 0.15) is 11.9 Å². The lowest BCUT2D eigenvalue weighted by molar-refractivity contribution is -0.141. The molecule has 1 aromatic carbocycles. The highest BCUT2D eigenvalue weighted by Gasteiger charge is 2.39. The van der Waals surface area contributed by atoms with Crippen LogP contribution < -0.4 is 0 Å². The molecule has 2 N–H and O–H groups in total. The Balaban J connectivity index is 2.22. The second-order valence-electron chi connectivity index (χ2n) is 4.21. The van der Waals surface area contributed by atoms with E-state index in [1.807, 2.05) is 0 Å². The molecule has 5 nitrogen and oxygen atoms in total. The van der Waals surface area contributed by atoms with Gasteiger partial charge in [-0.3, -0.25) is 4.79 Å². The van der Waals surface area contributed by atoms with E-state index in [-0.39, 0.29) is 18.5 Å². The van der Waals surface area contributed by atoms with Crippen molar-refractivity contribution in [2.75, 3.05) is 6.54 Å². The molecule has 1 fully saturated rings. The van der Waals surface area contributed by atoms with E-state index in [1.54, 1.807) is 0 Å². The molecule has 1 aromatic rings. The fourth-order valence-corrected chi connectivity index (χ4v) is 2.03. The Bertz CT molecular complexity index is 473. The van der Waals surface area contributed by atoms with Gasteiger partial charge in [-0.25, -0.2) is 9.18 Å². The zero-order valence-electron chi connectivity index (χ0n) is 9.41. The second kappa shape index (κ2) is 4.73. The van der Waals surface area contributed by atoms with Gasteiger partial charge in [0, 0.05) is 18.5 Å². The molecule has 1 saturated heterocycles. The highest BCUT2D eigenvalue weighted by atomic mass is 19.1. The minimum atomic E-state index is -1.15. The third kappa shape index (κ3) is 2.33. The van der Waals surface area contributed by atoms with Crippen molar-refractivity contribution < 1.29 is 24.2 Å². The molecule has 2 rings (SSSR count). The Hall–Kier alpha value is -1.95. The van der Waals surface area contributed by atoms with Gasteiger partial charge in [-0.15, -0.1) is 0 Å². The van der Waals surface area contributed by atoms with E-state index in [4.69, 9.17) is 5.11 Å². The van der Waals surface area contributed by atoms with E-state index in [0.717, 1.165) is 17.0 Å². The fourth-order valence-electron chi connectivity index (χ4n) is 2.03. The Morgan fingerprint density at radius 2 is 1.89 bits per heavy atom.